The third-order valence-corrected chi connectivity index (χ3v) is 11.6. The standard InChI is InChI=1S/C34H57N9O7S/c1-8-17-37-29(46)25(44)23(19-21-12-13-21)38-28(45)24-22(20(2)3)14-18-43(24)31(48)27(33(4,5)6)39-30(47)26(34(7)15-10-9-11-16-34)41-51(49,50)32(35)40-42-36/h8,20-24,26-27,41H,1,9-19H2,2-7H3,(H,37,46)(H,38,45)(H,39,47)(H3,35,36,40)/t22-,23?,24+,26-,27-/m1/s1. The van der Waals surface area contributed by atoms with Crippen molar-refractivity contribution >= 4 is 44.6 Å². The van der Waals surface area contributed by atoms with Crippen LogP contribution in [0.25, 0.3) is 0 Å². The van der Waals surface area contributed by atoms with E-state index in [1.54, 1.807) is 27.7 Å². The van der Waals surface area contributed by atoms with Crippen LogP contribution in [0.15, 0.2) is 23.0 Å². The number of likely N-dealkylation sites (tertiary alicyclic amines) is 1. The van der Waals surface area contributed by atoms with Gasteiger partial charge in [0.05, 0.1) is 6.04 Å². The molecule has 3 aliphatic rings. The molecule has 2 saturated carbocycles. The Morgan fingerprint density at radius 2 is 1.69 bits per heavy atom. The van der Waals surface area contributed by atoms with Crippen LogP contribution in [0, 0.1) is 34.1 Å². The van der Waals surface area contributed by atoms with E-state index in [0.717, 1.165) is 32.1 Å². The summed E-state index contributed by atoms with van der Waals surface area (Å²) >= 11 is 0. The lowest BCUT2D eigenvalue weighted by Gasteiger charge is -2.42. The highest BCUT2D eigenvalue weighted by atomic mass is 32.2. The number of ketones is 1. The van der Waals surface area contributed by atoms with Gasteiger partial charge in [0.1, 0.15) is 18.1 Å². The second-order valence-corrected chi connectivity index (χ2v) is 17.6. The van der Waals surface area contributed by atoms with Crippen molar-refractivity contribution in [1.29, 1.82) is 5.53 Å². The van der Waals surface area contributed by atoms with Gasteiger partial charge in [-0.1, -0.05) is 84.8 Å². The van der Waals surface area contributed by atoms with Crippen LogP contribution in [0.3, 0.4) is 0 Å². The van der Waals surface area contributed by atoms with E-state index in [-0.39, 0.29) is 30.8 Å². The summed E-state index contributed by atoms with van der Waals surface area (Å²) in [5.74, 6) is -3.51. The Hall–Kier alpha value is -3.73. The van der Waals surface area contributed by atoms with E-state index in [2.05, 4.69) is 37.6 Å². The first-order valence-corrected chi connectivity index (χ1v) is 19.3. The number of amides is 4. The highest BCUT2D eigenvalue weighted by Crippen LogP contribution is 2.40. The van der Waals surface area contributed by atoms with Crippen LogP contribution in [-0.4, -0.2) is 85.2 Å². The smallest absolute Gasteiger partial charge is 0.289 e. The zero-order valence-electron chi connectivity index (χ0n) is 30.8. The molecule has 2 aliphatic carbocycles. The lowest BCUT2D eigenvalue weighted by atomic mass is 9.70. The molecule has 0 radical (unpaired) electrons. The van der Waals surface area contributed by atoms with E-state index >= 15 is 0 Å². The normalized spacial score (nSPS) is 22.7. The minimum Gasteiger partial charge on any atom is -0.371 e. The highest BCUT2D eigenvalue weighted by molar-refractivity contribution is 8.04. The fourth-order valence-electron chi connectivity index (χ4n) is 7.20. The first-order valence-electron chi connectivity index (χ1n) is 17.8. The molecule has 3 rings (SSSR count). The minimum absolute atomic E-state index is 0.0256. The number of rotatable bonds is 16. The van der Waals surface area contributed by atoms with Gasteiger partial charge in [0.2, 0.25) is 23.5 Å². The Morgan fingerprint density at radius 1 is 1.06 bits per heavy atom. The largest absolute Gasteiger partial charge is 0.371 e. The Labute approximate surface area is 301 Å². The summed E-state index contributed by atoms with van der Waals surface area (Å²) in [6.45, 7) is 14.8. The number of carbonyl (C=O) groups is 5. The summed E-state index contributed by atoms with van der Waals surface area (Å²) < 4.78 is 28.6. The summed E-state index contributed by atoms with van der Waals surface area (Å²) in [5.41, 5.74) is 10.8. The number of amidine groups is 1. The van der Waals surface area contributed by atoms with Crippen molar-refractivity contribution in [2.45, 2.75) is 123 Å². The van der Waals surface area contributed by atoms with E-state index in [9.17, 15) is 32.4 Å². The van der Waals surface area contributed by atoms with Crippen molar-refractivity contribution in [2.24, 2.45) is 44.6 Å². The molecule has 1 aliphatic heterocycles. The summed E-state index contributed by atoms with van der Waals surface area (Å²) in [6, 6.07) is -4.59. The maximum absolute atomic E-state index is 14.6. The molecule has 4 amide bonds. The number of Topliss-reactive ketones (excluding diaryl/α,β-unsaturated/α-hetero) is 1. The number of nitrogens with one attached hydrogen (secondary N) is 5. The SMILES string of the molecule is C=CCNC(=O)C(=O)C(CC1CC1)NC(=O)[C@@H]1[C@@H](C(C)C)CCN1C(=O)[C@@H](NC(=O)[C@@H](NS(=O)(=O)C(N)=NN=N)C1(C)CCCCC1)C(C)(C)C. The van der Waals surface area contributed by atoms with Gasteiger partial charge in [-0.05, 0) is 59.5 Å². The molecule has 286 valence electrons. The molecular formula is C34H57N9O7S. The molecule has 0 aromatic rings. The fraction of sp³-hybridized carbons (Fsp3) is 0.765. The molecule has 7 N–H and O–H groups in total. The molecule has 0 aromatic heterocycles. The maximum atomic E-state index is 14.6. The summed E-state index contributed by atoms with van der Waals surface area (Å²) in [7, 11) is -4.54. The summed E-state index contributed by atoms with van der Waals surface area (Å²) in [5, 5.41) is 13.0. The monoisotopic (exact) mass is 735 g/mol. The summed E-state index contributed by atoms with van der Waals surface area (Å²) in [4.78, 5) is 70.2. The Kier molecular flexibility index (Phi) is 14.1. The molecule has 5 atom stereocenters. The van der Waals surface area contributed by atoms with Crippen molar-refractivity contribution in [1.82, 2.24) is 25.6 Å². The molecule has 0 aromatic carbocycles. The molecule has 0 spiro atoms. The molecule has 0 bridgehead atoms. The zero-order valence-corrected chi connectivity index (χ0v) is 31.6. The van der Waals surface area contributed by atoms with E-state index in [1.807, 2.05) is 13.8 Å². The van der Waals surface area contributed by atoms with Gasteiger partial charge >= 0.3 is 0 Å². The Bertz CT molecular complexity index is 1480. The van der Waals surface area contributed by atoms with Gasteiger partial charge in [0.15, 0.2) is 0 Å². The van der Waals surface area contributed by atoms with Crippen molar-refractivity contribution in [3.63, 3.8) is 0 Å². The van der Waals surface area contributed by atoms with Gasteiger partial charge < -0.3 is 26.6 Å². The van der Waals surface area contributed by atoms with Gasteiger partial charge in [-0.25, -0.2) is 8.42 Å². The molecule has 1 saturated heterocycles. The van der Waals surface area contributed by atoms with Gasteiger partial charge in [-0.3, -0.25) is 24.0 Å². The lowest BCUT2D eigenvalue weighted by molar-refractivity contribution is -0.146. The van der Waals surface area contributed by atoms with Crippen LogP contribution in [0.1, 0.15) is 99.3 Å². The predicted octanol–water partition coefficient (Wildman–Crippen LogP) is 2.07. The third-order valence-electron chi connectivity index (χ3n) is 10.4. The molecular weight excluding hydrogens is 678 g/mol. The lowest BCUT2D eigenvalue weighted by Crippen LogP contribution is -2.64. The molecule has 17 heteroatoms. The van der Waals surface area contributed by atoms with Crippen LogP contribution in [0.4, 0.5) is 0 Å². The molecule has 1 unspecified atom stereocenters. The number of nitrogens with zero attached hydrogens (tertiary/aromatic N) is 3. The fourth-order valence-corrected chi connectivity index (χ4v) is 8.17. The van der Waals surface area contributed by atoms with Crippen molar-refractivity contribution in [3.8, 4) is 0 Å². The van der Waals surface area contributed by atoms with Crippen LogP contribution in [0.5, 0.6) is 0 Å². The first kappa shape index (κ1) is 41.7. The van der Waals surface area contributed by atoms with Gasteiger partial charge in [0.25, 0.3) is 21.1 Å². The van der Waals surface area contributed by atoms with Crippen LogP contribution in [-0.2, 0) is 34.0 Å². The van der Waals surface area contributed by atoms with E-state index in [1.165, 1.54) is 11.0 Å². The van der Waals surface area contributed by atoms with Gasteiger partial charge in [0, 0.05) is 13.1 Å². The topological polar surface area (TPSA) is 245 Å². The zero-order chi connectivity index (χ0) is 38.3. The second kappa shape index (κ2) is 17.2. The molecule has 51 heavy (non-hydrogen) atoms. The highest BCUT2D eigenvalue weighted by Gasteiger charge is 2.50. The number of nitrogens with two attached hydrogens (primary N) is 1. The predicted molar refractivity (Wildman–Crippen MR) is 191 cm³/mol. The number of sulfonamides is 1. The van der Waals surface area contributed by atoms with Crippen LogP contribution in [0.2, 0.25) is 0 Å². The minimum atomic E-state index is -4.54. The van der Waals surface area contributed by atoms with Crippen molar-refractivity contribution in [3.05, 3.63) is 12.7 Å². The molecule has 1 heterocycles. The second-order valence-electron chi connectivity index (χ2n) is 15.9. The maximum Gasteiger partial charge on any atom is 0.289 e. The molecule has 3 fully saturated rings. The number of hydrogen-bond donors (Lipinski definition) is 6. The quantitative estimate of drug-likeness (QED) is 0.0341. The Balaban J connectivity index is 1.95. The average Bonchev–Trinajstić information content (AvgIpc) is 3.76. The summed E-state index contributed by atoms with van der Waals surface area (Å²) in [6.07, 6.45) is 7.52. The van der Waals surface area contributed by atoms with Crippen molar-refractivity contribution in [2.75, 3.05) is 13.1 Å². The van der Waals surface area contributed by atoms with E-state index < -0.39 is 79.6 Å². The van der Waals surface area contributed by atoms with Gasteiger partial charge in [-0.2, -0.15) is 10.3 Å². The van der Waals surface area contributed by atoms with Crippen LogP contribution >= 0.6 is 0 Å². The third kappa shape index (κ3) is 10.7. The Morgan fingerprint density at radius 3 is 2.22 bits per heavy atom. The van der Waals surface area contributed by atoms with Crippen molar-refractivity contribution < 1.29 is 32.4 Å². The first-order chi connectivity index (χ1) is 23.8. The van der Waals surface area contributed by atoms with Gasteiger partial charge in [-0.15, -0.1) is 6.58 Å². The number of carbonyl (C=O) groups excluding carboxylic acids is 5. The molecule has 16 nitrogen and oxygen atoms in total. The average molecular weight is 736 g/mol. The van der Waals surface area contributed by atoms with Crippen LogP contribution < -0.4 is 26.4 Å². The van der Waals surface area contributed by atoms with E-state index in [0.29, 0.717) is 25.7 Å². The van der Waals surface area contributed by atoms with E-state index in [4.69, 9.17) is 11.3 Å². The number of hydrogen-bond acceptors (Lipinski definition) is 9.